The van der Waals surface area contributed by atoms with Crippen molar-refractivity contribution in [1.82, 2.24) is 0 Å². The maximum atomic E-state index is 11.9. The van der Waals surface area contributed by atoms with Crippen LogP contribution in [0, 0.1) is 5.92 Å². The summed E-state index contributed by atoms with van der Waals surface area (Å²) in [5, 5.41) is 9.37. The second-order valence-corrected chi connectivity index (χ2v) is 13.0. The summed E-state index contributed by atoms with van der Waals surface area (Å²) in [7, 11) is -2.39. The quantitative estimate of drug-likeness (QED) is 0.370. The first-order valence-electron chi connectivity index (χ1n) is 10.7. The van der Waals surface area contributed by atoms with Crippen molar-refractivity contribution in [3.05, 3.63) is 29.8 Å². The summed E-state index contributed by atoms with van der Waals surface area (Å²) in [5.74, 6) is -0.207. The molecule has 0 radical (unpaired) electrons. The third-order valence-corrected chi connectivity index (χ3v) is 8.80. The van der Waals surface area contributed by atoms with Crippen LogP contribution in [0.15, 0.2) is 24.3 Å². The Balaban J connectivity index is 1.60. The fourth-order valence-electron chi connectivity index (χ4n) is 4.92. The number of rotatable bonds is 8. The van der Waals surface area contributed by atoms with Gasteiger partial charge in [-0.15, -0.1) is 0 Å². The van der Waals surface area contributed by atoms with Crippen LogP contribution in [0.5, 0.6) is 0 Å². The number of carbonyl (C=O) groups excluding carboxylic acids is 2. The van der Waals surface area contributed by atoms with Crippen LogP contribution in [0.2, 0.25) is 18.6 Å². The normalized spacial score (nSPS) is 29.1. The minimum absolute atomic E-state index is 0.0514. The fourth-order valence-corrected chi connectivity index (χ4v) is 7.58. The number of hydrogen-bond acceptors (Lipinski definition) is 6. The average molecular weight is 436 g/mol. The summed E-state index contributed by atoms with van der Waals surface area (Å²) >= 11 is 0. The summed E-state index contributed by atoms with van der Waals surface area (Å²) in [4.78, 5) is 35.3. The Labute approximate surface area is 179 Å². The van der Waals surface area contributed by atoms with E-state index in [2.05, 4.69) is 6.92 Å². The molecule has 0 spiro atoms. The molecule has 3 rings (SSSR count). The van der Waals surface area contributed by atoms with Gasteiger partial charge in [-0.2, -0.15) is 0 Å². The van der Waals surface area contributed by atoms with Gasteiger partial charge in [-0.1, -0.05) is 19.1 Å². The van der Waals surface area contributed by atoms with E-state index in [1.807, 2.05) is 37.4 Å². The predicted molar refractivity (Wildman–Crippen MR) is 115 cm³/mol. The molecule has 1 aromatic carbocycles. The van der Waals surface area contributed by atoms with Crippen LogP contribution < -0.4 is 4.90 Å². The number of aryl methyl sites for hydroxylation is 1. The predicted octanol–water partition coefficient (Wildman–Crippen LogP) is 2.60. The maximum absolute atomic E-state index is 11.9. The van der Waals surface area contributed by atoms with Crippen molar-refractivity contribution in [2.75, 3.05) is 11.5 Å². The first-order valence-corrected chi connectivity index (χ1v) is 13.7. The number of amides is 1. The lowest BCUT2D eigenvalue weighted by atomic mass is 9.95. The third kappa shape index (κ3) is 4.94. The van der Waals surface area contributed by atoms with E-state index in [0.29, 0.717) is 6.42 Å². The van der Waals surface area contributed by atoms with Crippen LogP contribution in [0.3, 0.4) is 0 Å². The van der Waals surface area contributed by atoms with Crippen LogP contribution >= 0.6 is 0 Å². The van der Waals surface area contributed by atoms with Crippen molar-refractivity contribution in [3.63, 3.8) is 0 Å². The molecule has 0 aromatic heterocycles. The number of anilines is 1. The molecule has 2 fully saturated rings. The Morgan fingerprint density at radius 1 is 1.23 bits per heavy atom. The first kappa shape index (κ1) is 22.9. The van der Waals surface area contributed by atoms with Gasteiger partial charge in [0.15, 0.2) is 14.5 Å². The van der Waals surface area contributed by atoms with E-state index in [0.717, 1.165) is 24.1 Å². The number of nitrogens with zero attached hydrogens (tertiary/aromatic N) is 1. The van der Waals surface area contributed by atoms with Gasteiger partial charge in [0, 0.05) is 24.8 Å². The number of hydrogen-bond donors (Lipinski definition) is 2. The molecule has 2 aliphatic heterocycles. The molecule has 0 aliphatic carbocycles. The zero-order valence-electron chi connectivity index (χ0n) is 18.2. The number of benzene rings is 1. The van der Waals surface area contributed by atoms with E-state index in [1.54, 1.807) is 0 Å². The minimum atomic E-state index is -2.39. The topological polar surface area (TPSA) is 96.3 Å². The number of esters is 1. The van der Waals surface area contributed by atoms with E-state index in [9.17, 15) is 19.5 Å². The second kappa shape index (κ2) is 9.17. The molecule has 1 aromatic rings. The Morgan fingerprint density at radius 2 is 1.90 bits per heavy atom. The minimum Gasteiger partial charge on any atom is -0.441 e. The Hall–Kier alpha value is -1.74. The molecule has 2 heterocycles. The molecular formula is C22H33NO6Si. The monoisotopic (exact) mass is 435 g/mol. The lowest BCUT2D eigenvalue weighted by Gasteiger charge is -2.39. The van der Waals surface area contributed by atoms with Crippen LogP contribution in [-0.4, -0.2) is 55.1 Å². The molecule has 166 valence electrons. The lowest BCUT2D eigenvalue weighted by Crippen LogP contribution is -2.54. The lowest BCUT2D eigenvalue weighted by molar-refractivity contribution is -0.153. The van der Waals surface area contributed by atoms with Gasteiger partial charge in [0.1, 0.15) is 0 Å². The zero-order chi connectivity index (χ0) is 22.1. The number of aliphatic hydroxyl groups is 1. The Kier molecular flexibility index (Phi) is 7.01. The molecule has 1 amide bonds. The molecule has 5 atom stereocenters. The maximum Gasteiger partial charge on any atom is 0.304 e. The highest BCUT2D eigenvalue weighted by atomic mass is 28.4. The van der Waals surface area contributed by atoms with Crippen LogP contribution in [0.4, 0.5) is 5.69 Å². The summed E-state index contributed by atoms with van der Waals surface area (Å²) in [6.45, 7) is 7.44. The number of carbonyl (C=O) groups is 2. The highest BCUT2D eigenvalue weighted by Gasteiger charge is 2.49. The molecule has 7 nitrogen and oxygen atoms in total. The van der Waals surface area contributed by atoms with E-state index < -0.39 is 20.5 Å². The van der Waals surface area contributed by atoms with Gasteiger partial charge in [0.2, 0.25) is 5.91 Å². The van der Waals surface area contributed by atoms with E-state index >= 15 is 0 Å². The van der Waals surface area contributed by atoms with Gasteiger partial charge in [-0.3, -0.25) is 14.5 Å². The molecule has 2 saturated heterocycles. The van der Waals surface area contributed by atoms with E-state index in [-0.39, 0.29) is 42.6 Å². The Morgan fingerprint density at radius 3 is 2.43 bits per heavy atom. The SMILES string of the molecule is CC(=O)OC1CC(=O)N1c1ccc(CC[C@@H]2O[C@H](CCO)[C@@H]([Si](C)(C)O)[C@@H]2C)cc1. The van der Waals surface area contributed by atoms with Gasteiger partial charge in [-0.05, 0) is 56.0 Å². The largest absolute Gasteiger partial charge is 0.441 e. The second-order valence-electron chi connectivity index (χ2n) is 9.00. The van der Waals surface area contributed by atoms with Gasteiger partial charge in [0.05, 0.1) is 18.6 Å². The van der Waals surface area contributed by atoms with Crippen molar-refractivity contribution in [2.45, 2.75) is 76.6 Å². The Bertz CT molecular complexity index is 762. The van der Waals surface area contributed by atoms with Crippen LogP contribution in [-0.2, 0) is 25.5 Å². The van der Waals surface area contributed by atoms with Gasteiger partial charge in [0.25, 0.3) is 0 Å². The van der Waals surface area contributed by atoms with Crippen molar-refractivity contribution in [2.24, 2.45) is 5.92 Å². The number of aliphatic hydroxyl groups excluding tert-OH is 1. The molecule has 2 N–H and O–H groups in total. The van der Waals surface area contributed by atoms with Crippen molar-refractivity contribution in [1.29, 1.82) is 0 Å². The number of ether oxygens (including phenoxy) is 2. The van der Waals surface area contributed by atoms with E-state index in [1.165, 1.54) is 11.8 Å². The fraction of sp³-hybridized carbons (Fsp3) is 0.636. The molecule has 0 saturated carbocycles. The van der Waals surface area contributed by atoms with Crippen LogP contribution in [0.1, 0.15) is 38.7 Å². The van der Waals surface area contributed by atoms with Crippen molar-refractivity contribution < 1.29 is 29.0 Å². The standard InChI is InChI=1S/C22H33NO6Si/c1-14-18(29-19(11-12-24)22(14)30(3,4)27)10-7-16-5-8-17(9-6-16)23-20(26)13-21(23)28-15(2)25/h5-6,8-9,14,18-19,21-22,24,27H,7,10-13H2,1-4H3/t14-,18+,19-,21?,22+/m1/s1. The highest BCUT2D eigenvalue weighted by Crippen LogP contribution is 2.45. The highest BCUT2D eigenvalue weighted by molar-refractivity contribution is 6.71. The number of β-lactam (4-membered cyclic amide) rings is 1. The summed E-state index contributed by atoms with van der Waals surface area (Å²) in [6.07, 6.45) is 1.89. The van der Waals surface area contributed by atoms with E-state index in [4.69, 9.17) is 9.47 Å². The molecule has 0 bridgehead atoms. The summed E-state index contributed by atoms with van der Waals surface area (Å²) in [6, 6.07) is 7.73. The van der Waals surface area contributed by atoms with Crippen molar-refractivity contribution in [3.8, 4) is 0 Å². The summed E-state index contributed by atoms with van der Waals surface area (Å²) in [5.41, 5.74) is 1.98. The van der Waals surface area contributed by atoms with Gasteiger partial charge >= 0.3 is 5.97 Å². The molecule has 1 unspecified atom stereocenters. The molecule has 30 heavy (non-hydrogen) atoms. The molecule has 2 aliphatic rings. The van der Waals surface area contributed by atoms with Crippen LogP contribution in [0.25, 0.3) is 0 Å². The smallest absolute Gasteiger partial charge is 0.304 e. The average Bonchev–Trinajstić information content (AvgIpc) is 2.96. The third-order valence-electron chi connectivity index (χ3n) is 6.27. The molecular weight excluding hydrogens is 402 g/mol. The van der Waals surface area contributed by atoms with Gasteiger partial charge < -0.3 is 19.4 Å². The first-order chi connectivity index (χ1) is 14.1. The molecule has 8 heteroatoms. The van der Waals surface area contributed by atoms with Crippen molar-refractivity contribution >= 4 is 25.9 Å². The summed E-state index contributed by atoms with van der Waals surface area (Å²) < 4.78 is 11.4. The zero-order valence-corrected chi connectivity index (χ0v) is 19.2. The van der Waals surface area contributed by atoms with Gasteiger partial charge in [-0.25, -0.2) is 0 Å².